The van der Waals surface area contributed by atoms with Gasteiger partial charge in [-0.2, -0.15) is 0 Å². The second-order valence-corrected chi connectivity index (χ2v) is 8.80. The third kappa shape index (κ3) is 5.91. The minimum absolute atomic E-state index is 0.301. The molecule has 1 aliphatic carbocycles. The number of amides is 1. The second kappa shape index (κ2) is 11.7. The van der Waals surface area contributed by atoms with Gasteiger partial charge in [0.2, 0.25) is 5.91 Å². The number of hydrogen-bond acceptors (Lipinski definition) is 6. The molecule has 7 heteroatoms. The summed E-state index contributed by atoms with van der Waals surface area (Å²) < 4.78 is 16.2. The van der Waals surface area contributed by atoms with E-state index in [1.54, 1.807) is 13.2 Å². The van der Waals surface area contributed by atoms with Crippen molar-refractivity contribution in [2.24, 2.45) is 0 Å². The number of carbonyl (C=O) groups is 2. The van der Waals surface area contributed by atoms with Crippen molar-refractivity contribution in [2.45, 2.75) is 51.9 Å². The molecule has 2 aromatic rings. The molecule has 172 valence electrons. The van der Waals surface area contributed by atoms with Crippen LogP contribution in [0.4, 0.5) is 5.00 Å². The number of fused-ring (bicyclic) bond motifs is 1. The lowest BCUT2D eigenvalue weighted by Crippen LogP contribution is -2.12. The van der Waals surface area contributed by atoms with Crippen LogP contribution >= 0.6 is 11.3 Å². The summed E-state index contributed by atoms with van der Waals surface area (Å²) in [6.45, 7) is 2.84. The Balaban J connectivity index is 1.64. The number of anilines is 1. The van der Waals surface area contributed by atoms with E-state index in [1.807, 2.05) is 18.2 Å². The zero-order chi connectivity index (χ0) is 22.9. The van der Waals surface area contributed by atoms with E-state index >= 15 is 0 Å². The Morgan fingerprint density at radius 3 is 2.72 bits per heavy atom. The van der Waals surface area contributed by atoms with Crippen molar-refractivity contribution in [1.29, 1.82) is 0 Å². The number of unbranched alkanes of at least 4 members (excludes halogenated alkanes) is 3. The quantitative estimate of drug-likeness (QED) is 0.268. The summed E-state index contributed by atoms with van der Waals surface area (Å²) in [4.78, 5) is 25.9. The minimum Gasteiger partial charge on any atom is -0.493 e. The molecule has 32 heavy (non-hydrogen) atoms. The van der Waals surface area contributed by atoms with Gasteiger partial charge in [0, 0.05) is 11.0 Å². The van der Waals surface area contributed by atoms with Crippen LogP contribution in [0.25, 0.3) is 6.08 Å². The smallest absolute Gasteiger partial charge is 0.341 e. The van der Waals surface area contributed by atoms with Gasteiger partial charge in [-0.3, -0.25) is 4.79 Å². The molecular formula is C25H31NO5S. The topological polar surface area (TPSA) is 73.9 Å². The highest BCUT2D eigenvalue weighted by molar-refractivity contribution is 7.17. The maximum absolute atomic E-state index is 12.5. The third-order valence-electron chi connectivity index (χ3n) is 5.42. The number of aryl methyl sites for hydroxylation is 1. The molecule has 0 radical (unpaired) electrons. The maximum Gasteiger partial charge on any atom is 0.341 e. The molecule has 1 aromatic heterocycles. The van der Waals surface area contributed by atoms with Crippen LogP contribution in [0.2, 0.25) is 0 Å². The molecule has 1 aliphatic rings. The van der Waals surface area contributed by atoms with Gasteiger partial charge in [-0.05, 0) is 55.0 Å². The van der Waals surface area contributed by atoms with Crippen LogP contribution in [0.3, 0.4) is 0 Å². The van der Waals surface area contributed by atoms with Gasteiger partial charge in [-0.25, -0.2) is 4.79 Å². The standard InChI is InChI=1S/C25H31NO5S/c1-4-5-6-7-15-31-19-13-11-17(16-20(19)29-2)12-14-22(27)26-24-23(25(28)30-3)18-9-8-10-21(18)32-24/h11-14,16H,4-10,15H2,1-3H3,(H,26,27)/b14-12+. The van der Waals surface area contributed by atoms with Gasteiger partial charge in [-0.15, -0.1) is 11.3 Å². The van der Waals surface area contributed by atoms with Crippen molar-refractivity contribution in [3.05, 3.63) is 45.8 Å². The van der Waals surface area contributed by atoms with Gasteiger partial charge >= 0.3 is 5.97 Å². The number of methoxy groups -OCH3 is 2. The molecule has 0 saturated carbocycles. The van der Waals surface area contributed by atoms with Crippen molar-refractivity contribution in [2.75, 3.05) is 26.1 Å². The van der Waals surface area contributed by atoms with Crippen molar-refractivity contribution < 1.29 is 23.8 Å². The molecule has 1 aromatic carbocycles. The van der Waals surface area contributed by atoms with E-state index in [0.717, 1.165) is 48.1 Å². The Morgan fingerprint density at radius 2 is 1.97 bits per heavy atom. The first-order chi connectivity index (χ1) is 15.6. The van der Waals surface area contributed by atoms with Gasteiger partial charge in [0.25, 0.3) is 0 Å². The predicted molar refractivity (Wildman–Crippen MR) is 128 cm³/mol. The van der Waals surface area contributed by atoms with E-state index in [9.17, 15) is 9.59 Å². The zero-order valence-corrected chi connectivity index (χ0v) is 19.8. The van der Waals surface area contributed by atoms with Crippen LogP contribution in [0.5, 0.6) is 11.5 Å². The summed E-state index contributed by atoms with van der Waals surface area (Å²) in [6.07, 6.45) is 10.5. The highest BCUT2D eigenvalue weighted by Gasteiger charge is 2.27. The van der Waals surface area contributed by atoms with Crippen molar-refractivity contribution >= 4 is 34.3 Å². The van der Waals surface area contributed by atoms with Crippen LogP contribution in [0.15, 0.2) is 24.3 Å². The lowest BCUT2D eigenvalue weighted by molar-refractivity contribution is -0.111. The van der Waals surface area contributed by atoms with E-state index in [4.69, 9.17) is 14.2 Å². The number of ether oxygens (including phenoxy) is 3. The Bertz CT molecular complexity index is 979. The minimum atomic E-state index is -0.404. The fraction of sp³-hybridized carbons (Fsp3) is 0.440. The predicted octanol–water partition coefficient (Wildman–Crippen LogP) is 5.64. The first kappa shape index (κ1) is 23.9. The first-order valence-electron chi connectivity index (χ1n) is 11.1. The highest BCUT2D eigenvalue weighted by Crippen LogP contribution is 2.39. The van der Waals surface area contributed by atoms with Gasteiger partial charge in [0.1, 0.15) is 5.00 Å². The Labute approximate surface area is 193 Å². The molecule has 0 spiro atoms. The molecule has 1 N–H and O–H groups in total. The second-order valence-electron chi connectivity index (χ2n) is 7.70. The third-order valence-corrected chi connectivity index (χ3v) is 6.63. The molecule has 0 bridgehead atoms. The van der Waals surface area contributed by atoms with Gasteiger partial charge in [0.05, 0.1) is 26.4 Å². The van der Waals surface area contributed by atoms with Gasteiger partial charge in [-0.1, -0.05) is 32.3 Å². The van der Waals surface area contributed by atoms with E-state index < -0.39 is 5.97 Å². The summed E-state index contributed by atoms with van der Waals surface area (Å²) in [5.74, 6) is 0.621. The van der Waals surface area contributed by atoms with Crippen molar-refractivity contribution in [3.63, 3.8) is 0 Å². The first-order valence-corrected chi connectivity index (χ1v) is 11.9. The molecule has 0 unspecified atom stereocenters. The lowest BCUT2D eigenvalue weighted by atomic mass is 10.1. The number of thiophene rings is 1. The van der Waals surface area contributed by atoms with Crippen LogP contribution in [0.1, 0.15) is 65.4 Å². The van der Waals surface area contributed by atoms with Crippen molar-refractivity contribution in [1.82, 2.24) is 0 Å². The molecule has 0 saturated heterocycles. The molecule has 3 rings (SSSR count). The van der Waals surface area contributed by atoms with Crippen LogP contribution in [0, 0.1) is 0 Å². The van der Waals surface area contributed by atoms with Gasteiger partial charge < -0.3 is 19.5 Å². The molecule has 0 fully saturated rings. The highest BCUT2D eigenvalue weighted by atomic mass is 32.1. The van der Waals surface area contributed by atoms with Crippen LogP contribution in [-0.4, -0.2) is 32.7 Å². The van der Waals surface area contributed by atoms with Gasteiger partial charge in [0.15, 0.2) is 11.5 Å². The van der Waals surface area contributed by atoms with Crippen LogP contribution < -0.4 is 14.8 Å². The molecule has 6 nitrogen and oxygen atoms in total. The monoisotopic (exact) mass is 457 g/mol. The fourth-order valence-electron chi connectivity index (χ4n) is 3.75. The molecular weight excluding hydrogens is 426 g/mol. The molecule has 0 aliphatic heterocycles. The van der Waals surface area contributed by atoms with E-state index in [2.05, 4.69) is 12.2 Å². The number of benzene rings is 1. The fourth-order valence-corrected chi connectivity index (χ4v) is 5.03. The van der Waals surface area contributed by atoms with Crippen molar-refractivity contribution in [3.8, 4) is 11.5 Å². The van der Waals surface area contributed by atoms with E-state index in [-0.39, 0.29) is 5.91 Å². The average Bonchev–Trinajstić information content (AvgIpc) is 3.38. The summed E-state index contributed by atoms with van der Waals surface area (Å²) in [5.41, 5.74) is 2.32. The number of carbonyl (C=O) groups excluding carboxylic acids is 2. The Hall–Kier alpha value is -2.80. The average molecular weight is 458 g/mol. The molecule has 1 heterocycles. The maximum atomic E-state index is 12.5. The number of hydrogen-bond donors (Lipinski definition) is 1. The summed E-state index contributed by atoms with van der Waals surface area (Å²) in [5, 5.41) is 3.40. The number of nitrogens with one attached hydrogen (secondary N) is 1. The molecule has 1 amide bonds. The van der Waals surface area contributed by atoms with E-state index in [1.165, 1.54) is 37.4 Å². The number of rotatable bonds is 11. The summed E-state index contributed by atoms with van der Waals surface area (Å²) >= 11 is 1.46. The summed E-state index contributed by atoms with van der Waals surface area (Å²) in [7, 11) is 2.96. The lowest BCUT2D eigenvalue weighted by Gasteiger charge is -2.11. The SMILES string of the molecule is CCCCCCOc1ccc(/C=C/C(=O)Nc2sc3c(c2C(=O)OC)CCC3)cc1OC. The molecule has 0 atom stereocenters. The number of esters is 1. The Morgan fingerprint density at radius 1 is 1.12 bits per heavy atom. The summed E-state index contributed by atoms with van der Waals surface area (Å²) in [6, 6.07) is 5.58. The van der Waals surface area contributed by atoms with E-state index in [0.29, 0.717) is 28.7 Å². The largest absolute Gasteiger partial charge is 0.493 e. The normalized spacial score (nSPS) is 12.6. The Kier molecular flexibility index (Phi) is 8.73. The zero-order valence-electron chi connectivity index (χ0n) is 19.0. The van der Waals surface area contributed by atoms with Crippen LogP contribution in [-0.2, 0) is 22.4 Å².